The van der Waals surface area contributed by atoms with Gasteiger partial charge in [-0.05, 0) is 51.8 Å². The van der Waals surface area contributed by atoms with Gasteiger partial charge in [-0.15, -0.1) is 11.3 Å². The summed E-state index contributed by atoms with van der Waals surface area (Å²) in [6.45, 7) is 7.38. The summed E-state index contributed by atoms with van der Waals surface area (Å²) in [5.74, 6) is 0.982. The number of anilines is 2. The maximum Gasteiger partial charge on any atom is 0.228 e. The van der Waals surface area contributed by atoms with Crippen LogP contribution in [0.3, 0.4) is 0 Å². The zero-order valence-electron chi connectivity index (χ0n) is 17.6. The molecular formula is C22H26N6OS. The topological polar surface area (TPSA) is 83.9 Å². The molecule has 7 nitrogen and oxygen atoms in total. The molecule has 0 saturated carbocycles. The normalized spacial score (nSPS) is 16.5. The molecule has 4 heterocycles. The van der Waals surface area contributed by atoms with Crippen molar-refractivity contribution in [3.05, 3.63) is 57.6 Å². The predicted molar refractivity (Wildman–Crippen MR) is 118 cm³/mol. The number of likely N-dealkylation sites (tertiary alicyclic amines) is 1. The molecule has 3 aromatic heterocycles. The maximum atomic E-state index is 12.7. The Bertz CT molecular complexity index is 1010. The molecule has 1 N–H and O–H groups in total. The number of rotatable bonds is 5. The van der Waals surface area contributed by atoms with E-state index in [1.165, 1.54) is 0 Å². The van der Waals surface area contributed by atoms with Gasteiger partial charge in [-0.3, -0.25) is 9.78 Å². The summed E-state index contributed by atoms with van der Waals surface area (Å²) in [5.41, 5.74) is 4.59. The molecule has 1 fully saturated rings. The molecule has 1 saturated heterocycles. The van der Waals surface area contributed by atoms with Gasteiger partial charge >= 0.3 is 0 Å². The van der Waals surface area contributed by atoms with Crippen LogP contribution in [0.5, 0.6) is 0 Å². The van der Waals surface area contributed by atoms with Gasteiger partial charge in [0, 0.05) is 41.5 Å². The van der Waals surface area contributed by atoms with Gasteiger partial charge in [0.2, 0.25) is 11.9 Å². The SMILES string of the molecule is Cc1cc(C)nc(Nc2ccc(C3CCCN(C(=O)Cc4csc(C)n4)C3)nc2)n1. The first-order valence-corrected chi connectivity index (χ1v) is 11.1. The first-order chi connectivity index (χ1) is 14.5. The third-order valence-corrected chi connectivity index (χ3v) is 6.04. The van der Waals surface area contributed by atoms with E-state index in [1.54, 1.807) is 11.3 Å². The number of hydrogen-bond acceptors (Lipinski definition) is 7. The monoisotopic (exact) mass is 422 g/mol. The number of carbonyl (C=O) groups excluding carboxylic acids is 1. The van der Waals surface area contributed by atoms with E-state index in [-0.39, 0.29) is 11.8 Å². The molecule has 156 valence electrons. The predicted octanol–water partition coefficient (Wildman–Crippen LogP) is 3.95. The number of piperidine rings is 1. The molecule has 30 heavy (non-hydrogen) atoms. The van der Waals surface area contributed by atoms with E-state index < -0.39 is 0 Å². The third-order valence-electron chi connectivity index (χ3n) is 5.22. The van der Waals surface area contributed by atoms with Gasteiger partial charge in [0.25, 0.3) is 0 Å². The van der Waals surface area contributed by atoms with Crippen LogP contribution < -0.4 is 5.32 Å². The van der Waals surface area contributed by atoms with Crippen molar-refractivity contribution in [2.24, 2.45) is 0 Å². The Balaban J connectivity index is 1.39. The van der Waals surface area contributed by atoms with Gasteiger partial charge in [-0.25, -0.2) is 15.0 Å². The van der Waals surface area contributed by atoms with E-state index in [1.807, 2.05) is 55.4 Å². The van der Waals surface area contributed by atoms with Crippen molar-refractivity contribution in [2.75, 3.05) is 18.4 Å². The van der Waals surface area contributed by atoms with Gasteiger partial charge in [-0.2, -0.15) is 0 Å². The molecule has 1 atom stereocenters. The summed E-state index contributed by atoms with van der Waals surface area (Å²) in [5, 5.41) is 6.19. The lowest BCUT2D eigenvalue weighted by atomic mass is 9.94. The Morgan fingerprint density at radius 1 is 1.20 bits per heavy atom. The molecule has 0 bridgehead atoms. The number of aromatic nitrogens is 4. The number of nitrogens with one attached hydrogen (secondary N) is 1. The highest BCUT2D eigenvalue weighted by atomic mass is 32.1. The van der Waals surface area contributed by atoms with Gasteiger partial charge in [0.15, 0.2) is 0 Å². The van der Waals surface area contributed by atoms with Crippen molar-refractivity contribution in [1.29, 1.82) is 0 Å². The van der Waals surface area contributed by atoms with Crippen LogP contribution in [-0.4, -0.2) is 43.8 Å². The number of aryl methyl sites for hydroxylation is 3. The van der Waals surface area contributed by atoms with Crippen LogP contribution in [0.1, 0.15) is 46.5 Å². The van der Waals surface area contributed by atoms with Gasteiger partial charge in [0.05, 0.1) is 29.0 Å². The minimum atomic E-state index is 0.148. The maximum absolute atomic E-state index is 12.7. The van der Waals surface area contributed by atoms with Gasteiger partial charge in [-0.1, -0.05) is 0 Å². The van der Waals surface area contributed by atoms with Crippen molar-refractivity contribution in [3.63, 3.8) is 0 Å². The number of carbonyl (C=O) groups is 1. The van der Waals surface area contributed by atoms with E-state index in [9.17, 15) is 4.79 Å². The highest BCUT2D eigenvalue weighted by molar-refractivity contribution is 7.09. The number of pyridine rings is 1. The summed E-state index contributed by atoms with van der Waals surface area (Å²) in [6.07, 6.45) is 4.22. The number of nitrogens with zero attached hydrogens (tertiary/aromatic N) is 5. The second kappa shape index (κ2) is 8.87. The van der Waals surface area contributed by atoms with Crippen LogP contribution in [0.25, 0.3) is 0 Å². The largest absolute Gasteiger partial charge is 0.342 e. The van der Waals surface area contributed by atoms with Crippen molar-refractivity contribution >= 4 is 28.9 Å². The summed E-state index contributed by atoms with van der Waals surface area (Å²) in [4.78, 5) is 32.6. The van der Waals surface area contributed by atoms with Crippen LogP contribution in [0.15, 0.2) is 29.8 Å². The van der Waals surface area contributed by atoms with Crippen LogP contribution in [0.2, 0.25) is 0 Å². The average molecular weight is 423 g/mol. The smallest absolute Gasteiger partial charge is 0.228 e. The molecule has 4 rings (SSSR count). The molecule has 0 radical (unpaired) electrons. The average Bonchev–Trinajstić information content (AvgIpc) is 3.12. The van der Waals surface area contributed by atoms with E-state index in [0.29, 0.717) is 18.9 Å². The lowest BCUT2D eigenvalue weighted by Crippen LogP contribution is -2.40. The lowest BCUT2D eigenvalue weighted by molar-refractivity contribution is -0.131. The lowest BCUT2D eigenvalue weighted by Gasteiger charge is -2.32. The van der Waals surface area contributed by atoms with Crippen molar-refractivity contribution in [2.45, 2.75) is 46.0 Å². The quantitative estimate of drug-likeness (QED) is 0.670. The Hall–Kier alpha value is -2.87. The first kappa shape index (κ1) is 20.4. The summed E-state index contributed by atoms with van der Waals surface area (Å²) in [7, 11) is 0. The Morgan fingerprint density at radius 2 is 2.00 bits per heavy atom. The molecular weight excluding hydrogens is 396 g/mol. The zero-order chi connectivity index (χ0) is 21.1. The zero-order valence-corrected chi connectivity index (χ0v) is 18.4. The fourth-order valence-electron chi connectivity index (χ4n) is 3.83. The van der Waals surface area contributed by atoms with E-state index in [0.717, 1.165) is 52.9 Å². The highest BCUT2D eigenvalue weighted by Gasteiger charge is 2.26. The van der Waals surface area contributed by atoms with Crippen molar-refractivity contribution in [3.8, 4) is 0 Å². The summed E-state index contributed by atoms with van der Waals surface area (Å²) < 4.78 is 0. The highest BCUT2D eigenvalue weighted by Crippen LogP contribution is 2.27. The number of amides is 1. The second-order valence-electron chi connectivity index (χ2n) is 7.78. The molecule has 8 heteroatoms. The summed E-state index contributed by atoms with van der Waals surface area (Å²) in [6, 6.07) is 5.98. The van der Waals surface area contributed by atoms with Crippen LogP contribution in [-0.2, 0) is 11.2 Å². The fourth-order valence-corrected chi connectivity index (χ4v) is 4.45. The Labute approximate surface area is 180 Å². The first-order valence-electron chi connectivity index (χ1n) is 10.2. The van der Waals surface area contributed by atoms with E-state index >= 15 is 0 Å². The number of hydrogen-bond donors (Lipinski definition) is 1. The van der Waals surface area contributed by atoms with Crippen LogP contribution in [0, 0.1) is 20.8 Å². The minimum absolute atomic E-state index is 0.148. The molecule has 1 aliphatic rings. The van der Waals surface area contributed by atoms with Crippen molar-refractivity contribution in [1.82, 2.24) is 24.8 Å². The second-order valence-corrected chi connectivity index (χ2v) is 8.85. The van der Waals surface area contributed by atoms with Crippen molar-refractivity contribution < 1.29 is 4.79 Å². The molecule has 0 aromatic carbocycles. The summed E-state index contributed by atoms with van der Waals surface area (Å²) >= 11 is 1.59. The third kappa shape index (κ3) is 4.99. The standard InChI is InChI=1S/C22H26N6OS/c1-14-9-15(2)25-22(24-14)27-18-6-7-20(23-11-18)17-5-4-8-28(12-17)21(29)10-19-13-30-16(3)26-19/h6-7,9,11,13,17H,4-5,8,10,12H2,1-3H3,(H,24,25,27). The molecule has 1 unspecified atom stereocenters. The molecule has 0 spiro atoms. The van der Waals surface area contributed by atoms with Crippen LogP contribution in [0.4, 0.5) is 11.6 Å². The van der Waals surface area contributed by atoms with E-state index in [2.05, 4.69) is 25.3 Å². The van der Waals surface area contributed by atoms with E-state index in [4.69, 9.17) is 0 Å². The Morgan fingerprint density at radius 3 is 2.67 bits per heavy atom. The molecule has 1 aliphatic heterocycles. The molecule has 1 amide bonds. The minimum Gasteiger partial charge on any atom is -0.342 e. The number of thiazole rings is 1. The fraction of sp³-hybridized carbons (Fsp3) is 0.409. The van der Waals surface area contributed by atoms with Gasteiger partial charge in [0.1, 0.15) is 0 Å². The molecule has 0 aliphatic carbocycles. The van der Waals surface area contributed by atoms with Gasteiger partial charge < -0.3 is 10.2 Å². The Kier molecular flexibility index (Phi) is 6.03. The van der Waals surface area contributed by atoms with Crippen LogP contribution >= 0.6 is 11.3 Å². The molecule has 3 aromatic rings.